The predicted molar refractivity (Wildman–Crippen MR) is 98.4 cm³/mol. The zero-order valence-electron chi connectivity index (χ0n) is 14.1. The number of hydrogen-bond acceptors (Lipinski definition) is 4. The van der Waals surface area contributed by atoms with Crippen LogP contribution in [0.15, 0.2) is 66.7 Å². The molecule has 4 nitrogen and oxygen atoms in total. The largest absolute Gasteiger partial charge is 0.489 e. The van der Waals surface area contributed by atoms with Gasteiger partial charge in [0.25, 0.3) is 0 Å². The van der Waals surface area contributed by atoms with Gasteiger partial charge >= 0.3 is 0 Å². The van der Waals surface area contributed by atoms with E-state index in [2.05, 4.69) is 6.07 Å². The lowest BCUT2D eigenvalue weighted by molar-refractivity contribution is 0.171. The zero-order valence-corrected chi connectivity index (χ0v) is 14.1. The van der Waals surface area contributed by atoms with Gasteiger partial charge in [-0.3, -0.25) is 0 Å². The van der Waals surface area contributed by atoms with Gasteiger partial charge in [0.1, 0.15) is 25.6 Å². The second-order valence-electron chi connectivity index (χ2n) is 5.99. The summed E-state index contributed by atoms with van der Waals surface area (Å²) in [7, 11) is 0. The number of nitriles is 1. The van der Waals surface area contributed by atoms with E-state index in [0.29, 0.717) is 31.1 Å². The van der Waals surface area contributed by atoms with E-state index in [1.807, 2.05) is 60.7 Å². The molecule has 26 heavy (non-hydrogen) atoms. The van der Waals surface area contributed by atoms with Gasteiger partial charge in [-0.05, 0) is 47.0 Å². The second-order valence-corrected chi connectivity index (χ2v) is 5.99. The quantitative estimate of drug-likeness (QED) is 0.696. The molecule has 0 amide bonds. The molecular weight excluding hydrogens is 326 g/mol. The van der Waals surface area contributed by atoms with Crippen molar-refractivity contribution in [3.05, 3.63) is 77.9 Å². The minimum absolute atomic E-state index is 0.455. The van der Waals surface area contributed by atoms with E-state index in [1.54, 1.807) is 6.07 Å². The zero-order chi connectivity index (χ0) is 17.8. The summed E-state index contributed by atoms with van der Waals surface area (Å²) in [6.45, 7) is 1.56. The molecule has 0 saturated carbocycles. The minimum atomic E-state index is 0.455. The Labute approximate surface area is 152 Å². The number of ether oxygens (including phenoxy) is 3. The SMILES string of the molecule is N#Cc1cc(OCc2ccccc2)cc(-c2ccc3c(c2)OCCO3)c1. The Morgan fingerprint density at radius 3 is 2.46 bits per heavy atom. The van der Waals surface area contributed by atoms with Gasteiger partial charge in [-0.1, -0.05) is 36.4 Å². The highest BCUT2D eigenvalue weighted by atomic mass is 16.6. The van der Waals surface area contributed by atoms with E-state index in [-0.39, 0.29) is 0 Å². The minimum Gasteiger partial charge on any atom is -0.489 e. The molecule has 0 unspecified atom stereocenters. The third-order valence-corrected chi connectivity index (χ3v) is 4.16. The molecule has 0 aliphatic carbocycles. The molecule has 1 aliphatic rings. The lowest BCUT2D eigenvalue weighted by Gasteiger charge is -2.19. The lowest BCUT2D eigenvalue weighted by atomic mass is 10.0. The Morgan fingerprint density at radius 2 is 1.65 bits per heavy atom. The van der Waals surface area contributed by atoms with Crippen LogP contribution in [0, 0.1) is 11.3 Å². The first-order valence-corrected chi connectivity index (χ1v) is 8.44. The monoisotopic (exact) mass is 343 g/mol. The highest BCUT2D eigenvalue weighted by Crippen LogP contribution is 2.35. The first kappa shape index (κ1) is 16.0. The van der Waals surface area contributed by atoms with Crippen LogP contribution in [0.3, 0.4) is 0 Å². The molecule has 0 saturated heterocycles. The van der Waals surface area contributed by atoms with Crippen LogP contribution < -0.4 is 14.2 Å². The number of fused-ring (bicyclic) bond motifs is 1. The summed E-state index contributed by atoms with van der Waals surface area (Å²) < 4.78 is 17.1. The average Bonchev–Trinajstić information content (AvgIpc) is 2.72. The Bertz CT molecular complexity index is 961. The molecule has 4 rings (SSSR count). The summed E-state index contributed by atoms with van der Waals surface area (Å²) in [5, 5.41) is 9.36. The highest BCUT2D eigenvalue weighted by Gasteiger charge is 2.13. The highest BCUT2D eigenvalue weighted by molar-refractivity contribution is 5.70. The van der Waals surface area contributed by atoms with E-state index < -0.39 is 0 Å². The van der Waals surface area contributed by atoms with Crippen LogP contribution in [-0.2, 0) is 6.61 Å². The molecule has 0 aromatic heterocycles. The van der Waals surface area contributed by atoms with E-state index in [4.69, 9.17) is 14.2 Å². The van der Waals surface area contributed by atoms with Crippen molar-refractivity contribution in [2.75, 3.05) is 13.2 Å². The topological polar surface area (TPSA) is 51.5 Å². The first-order chi connectivity index (χ1) is 12.8. The molecule has 3 aromatic carbocycles. The van der Waals surface area contributed by atoms with Gasteiger partial charge in [0.2, 0.25) is 0 Å². The molecule has 4 heteroatoms. The Balaban J connectivity index is 1.63. The molecule has 0 atom stereocenters. The molecule has 0 fully saturated rings. The van der Waals surface area contributed by atoms with Gasteiger partial charge in [0.15, 0.2) is 11.5 Å². The van der Waals surface area contributed by atoms with Crippen LogP contribution in [0.25, 0.3) is 11.1 Å². The summed E-state index contributed by atoms with van der Waals surface area (Å²) in [6.07, 6.45) is 0. The summed E-state index contributed by atoms with van der Waals surface area (Å²) >= 11 is 0. The number of benzene rings is 3. The van der Waals surface area contributed by atoms with Crippen LogP contribution in [-0.4, -0.2) is 13.2 Å². The van der Waals surface area contributed by atoms with Crippen LogP contribution in [0.2, 0.25) is 0 Å². The van der Waals surface area contributed by atoms with Crippen molar-refractivity contribution in [1.29, 1.82) is 5.26 Å². The van der Waals surface area contributed by atoms with Gasteiger partial charge in [0, 0.05) is 0 Å². The van der Waals surface area contributed by atoms with Crippen molar-refractivity contribution in [3.8, 4) is 34.4 Å². The van der Waals surface area contributed by atoms with Crippen LogP contribution in [0.5, 0.6) is 17.2 Å². The van der Waals surface area contributed by atoms with Gasteiger partial charge in [-0.2, -0.15) is 5.26 Å². The summed E-state index contributed by atoms with van der Waals surface area (Å²) in [4.78, 5) is 0. The number of rotatable bonds is 4. The Hall–Kier alpha value is -3.45. The van der Waals surface area contributed by atoms with Gasteiger partial charge in [-0.25, -0.2) is 0 Å². The molecule has 1 aliphatic heterocycles. The maximum atomic E-state index is 9.36. The van der Waals surface area contributed by atoms with Crippen molar-refractivity contribution >= 4 is 0 Å². The second kappa shape index (κ2) is 7.20. The van der Waals surface area contributed by atoms with Crippen LogP contribution >= 0.6 is 0 Å². The summed E-state index contributed by atoms with van der Waals surface area (Å²) in [5.41, 5.74) is 3.50. The maximum absolute atomic E-state index is 9.36. The number of nitrogens with zero attached hydrogens (tertiary/aromatic N) is 1. The summed E-state index contributed by atoms with van der Waals surface area (Å²) in [5.74, 6) is 2.14. The molecule has 128 valence electrons. The lowest BCUT2D eigenvalue weighted by Crippen LogP contribution is -2.15. The van der Waals surface area contributed by atoms with Crippen molar-refractivity contribution in [2.45, 2.75) is 6.61 Å². The van der Waals surface area contributed by atoms with E-state index in [0.717, 1.165) is 28.2 Å². The van der Waals surface area contributed by atoms with Crippen molar-refractivity contribution in [1.82, 2.24) is 0 Å². The van der Waals surface area contributed by atoms with Gasteiger partial charge in [-0.15, -0.1) is 0 Å². The normalized spacial score (nSPS) is 12.3. The first-order valence-electron chi connectivity index (χ1n) is 8.44. The predicted octanol–water partition coefficient (Wildman–Crippen LogP) is 4.58. The smallest absolute Gasteiger partial charge is 0.161 e. The molecular formula is C22H17NO3. The van der Waals surface area contributed by atoms with Crippen LogP contribution in [0.1, 0.15) is 11.1 Å². The summed E-state index contributed by atoms with van der Waals surface area (Å²) in [6, 6.07) is 23.5. The van der Waals surface area contributed by atoms with Gasteiger partial charge < -0.3 is 14.2 Å². The van der Waals surface area contributed by atoms with Gasteiger partial charge in [0.05, 0.1) is 11.6 Å². The van der Waals surface area contributed by atoms with E-state index in [9.17, 15) is 5.26 Å². The number of hydrogen-bond donors (Lipinski definition) is 0. The average molecular weight is 343 g/mol. The third kappa shape index (κ3) is 3.47. The maximum Gasteiger partial charge on any atom is 0.161 e. The van der Waals surface area contributed by atoms with E-state index >= 15 is 0 Å². The fourth-order valence-corrected chi connectivity index (χ4v) is 2.88. The van der Waals surface area contributed by atoms with Crippen molar-refractivity contribution in [2.24, 2.45) is 0 Å². The van der Waals surface area contributed by atoms with Crippen molar-refractivity contribution < 1.29 is 14.2 Å². The van der Waals surface area contributed by atoms with Crippen molar-refractivity contribution in [3.63, 3.8) is 0 Å². The standard InChI is InChI=1S/C22H17NO3/c23-14-17-10-19(18-6-7-21-22(13-18)25-9-8-24-21)12-20(11-17)26-15-16-4-2-1-3-5-16/h1-7,10-13H,8-9,15H2. The molecule has 3 aromatic rings. The van der Waals surface area contributed by atoms with Crippen LogP contribution in [0.4, 0.5) is 0 Å². The fraction of sp³-hybridized carbons (Fsp3) is 0.136. The molecule has 1 heterocycles. The Morgan fingerprint density at radius 1 is 0.846 bits per heavy atom. The fourth-order valence-electron chi connectivity index (χ4n) is 2.88. The molecule has 0 spiro atoms. The molecule has 0 radical (unpaired) electrons. The van der Waals surface area contributed by atoms with E-state index in [1.165, 1.54) is 0 Å². The third-order valence-electron chi connectivity index (χ3n) is 4.16. The molecule has 0 N–H and O–H groups in total. The molecule has 0 bridgehead atoms. The Kier molecular flexibility index (Phi) is 4.44.